The number of esters is 1. The Balaban J connectivity index is 1.64. The van der Waals surface area contributed by atoms with Gasteiger partial charge in [0.2, 0.25) is 5.82 Å². The summed E-state index contributed by atoms with van der Waals surface area (Å²) >= 11 is 10.5. The third kappa shape index (κ3) is 5.56. The lowest BCUT2D eigenvalue weighted by atomic mass is 10.2. The Morgan fingerprint density at radius 2 is 1.88 bits per heavy atom. The van der Waals surface area contributed by atoms with Crippen LogP contribution in [0, 0.1) is 0 Å². The fourth-order valence-electron chi connectivity index (χ4n) is 3.92. The van der Waals surface area contributed by atoms with E-state index in [4.69, 9.17) is 18.9 Å². The topological polar surface area (TPSA) is 105 Å². The van der Waals surface area contributed by atoms with E-state index in [0.29, 0.717) is 54.9 Å². The Morgan fingerprint density at radius 1 is 1.07 bits per heavy atom. The number of methoxy groups -OCH3 is 1. The zero-order chi connectivity index (χ0) is 28.4. The molecule has 0 saturated carbocycles. The Labute approximate surface area is 253 Å². The number of carbonyl (C=O) groups is 1. The second kappa shape index (κ2) is 11.9. The average molecular weight is 734 g/mol. The van der Waals surface area contributed by atoms with Gasteiger partial charge in [0.1, 0.15) is 5.58 Å². The van der Waals surface area contributed by atoms with Crippen LogP contribution in [-0.2, 0) is 9.53 Å². The summed E-state index contributed by atoms with van der Waals surface area (Å²) in [6.07, 6.45) is 1.50. The molecule has 9 nitrogen and oxygen atoms in total. The first kappa shape index (κ1) is 28.1. The molecule has 0 N–H and O–H groups in total. The molecule has 5 aromatic rings. The van der Waals surface area contributed by atoms with Gasteiger partial charge < -0.3 is 18.6 Å². The number of halogens is 3. The van der Waals surface area contributed by atoms with E-state index in [2.05, 4.69) is 57.6 Å². The molecular weight excluding hydrogens is 714 g/mol. The van der Waals surface area contributed by atoms with Crippen LogP contribution in [0.4, 0.5) is 0 Å². The lowest BCUT2D eigenvalue weighted by Gasteiger charge is -2.15. The highest BCUT2D eigenvalue weighted by Gasteiger charge is 2.20. The number of para-hydroxylation sites is 1. The number of fused-ring (bicyclic) bond motifs is 2. The van der Waals surface area contributed by atoms with E-state index in [0.717, 1.165) is 9.86 Å². The molecule has 0 atom stereocenters. The van der Waals surface area contributed by atoms with Crippen molar-refractivity contribution in [1.29, 1.82) is 0 Å². The van der Waals surface area contributed by atoms with Gasteiger partial charge in [0, 0.05) is 19.9 Å². The molecule has 2 aromatic heterocycles. The molecule has 3 aromatic carbocycles. The highest BCUT2D eigenvalue weighted by Crippen LogP contribution is 2.42. The first-order valence-electron chi connectivity index (χ1n) is 11.9. The fourth-order valence-corrected chi connectivity index (χ4v) is 5.23. The van der Waals surface area contributed by atoms with Crippen LogP contribution in [0.1, 0.15) is 12.5 Å². The van der Waals surface area contributed by atoms with Gasteiger partial charge in [-0.15, -0.1) is 0 Å². The predicted molar refractivity (Wildman–Crippen MR) is 162 cm³/mol. The lowest BCUT2D eigenvalue weighted by molar-refractivity contribution is -0.142. The molecule has 204 valence electrons. The van der Waals surface area contributed by atoms with Crippen molar-refractivity contribution < 1.29 is 23.4 Å². The molecule has 0 radical (unpaired) electrons. The molecule has 0 saturated heterocycles. The van der Waals surface area contributed by atoms with E-state index < -0.39 is 5.97 Å². The van der Waals surface area contributed by atoms with Crippen LogP contribution < -0.4 is 15.0 Å². The highest BCUT2D eigenvalue weighted by molar-refractivity contribution is 9.13. The van der Waals surface area contributed by atoms with Crippen LogP contribution >= 0.6 is 47.8 Å². The summed E-state index contributed by atoms with van der Waals surface area (Å²) in [5.74, 6) is 0.773. The van der Waals surface area contributed by atoms with E-state index >= 15 is 0 Å². The van der Waals surface area contributed by atoms with Crippen molar-refractivity contribution in [2.45, 2.75) is 6.92 Å². The maximum atomic E-state index is 13.6. The molecule has 0 aliphatic rings. The fraction of sp³-hybridized carbons (Fsp3) is 0.143. The van der Waals surface area contributed by atoms with Crippen LogP contribution in [0.3, 0.4) is 0 Å². The van der Waals surface area contributed by atoms with E-state index in [-0.39, 0.29) is 18.0 Å². The van der Waals surface area contributed by atoms with Gasteiger partial charge in [-0.1, -0.05) is 28.1 Å². The van der Waals surface area contributed by atoms with Gasteiger partial charge in [0.25, 0.3) is 5.56 Å². The first-order valence-corrected chi connectivity index (χ1v) is 14.3. The highest BCUT2D eigenvalue weighted by atomic mass is 79.9. The Morgan fingerprint density at radius 3 is 2.65 bits per heavy atom. The zero-order valence-corrected chi connectivity index (χ0v) is 25.9. The van der Waals surface area contributed by atoms with Crippen LogP contribution in [0.25, 0.3) is 33.5 Å². The summed E-state index contributed by atoms with van der Waals surface area (Å²) in [4.78, 5) is 30.0. The maximum Gasteiger partial charge on any atom is 0.343 e. The van der Waals surface area contributed by atoms with Gasteiger partial charge >= 0.3 is 5.97 Å². The Hall–Kier alpha value is -3.48. The van der Waals surface area contributed by atoms with Crippen LogP contribution in [0.2, 0.25) is 0 Å². The minimum Gasteiger partial charge on any atom is -0.490 e. The van der Waals surface area contributed by atoms with Crippen molar-refractivity contribution in [3.05, 3.63) is 83.9 Å². The molecule has 0 fully saturated rings. The lowest BCUT2D eigenvalue weighted by Crippen LogP contribution is -2.20. The summed E-state index contributed by atoms with van der Waals surface area (Å²) in [7, 11) is 1.28. The molecule has 0 unspecified atom stereocenters. The molecule has 0 aliphatic carbocycles. The van der Waals surface area contributed by atoms with E-state index in [1.54, 1.807) is 24.3 Å². The number of hydrogen-bond acceptors (Lipinski definition) is 8. The van der Waals surface area contributed by atoms with Crippen molar-refractivity contribution in [3.63, 3.8) is 0 Å². The third-order valence-corrected chi connectivity index (χ3v) is 8.42. The monoisotopic (exact) mass is 731 g/mol. The Bertz CT molecular complexity index is 1850. The summed E-state index contributed by atoms with van der Waals surface area (Å²) in [6, 6.07) is 16.2. The smallest absolute Gasteiger partial charge is 0.343 e. The minimum absolute atomic E-state index is 0.241. The predicted octanol–water partition coefficient (Wildman–Crippen LogP) is 6.93. The number of benzene rings is 3. The van der Waals surface area contributed by atoms with Crippen molar-refractivity contribution in [2.75, 3.05) is 20.3 Å². The summed E-state index contributed by atoms with van der Waals surface area (Å²) in [5.41, 5.74) is 1.37. The summed E-state index contributed by atoms with van der Waals surface area (Å²) in [5, 5.41) is 5.79. The quantitative estimate of drug-likeness (QED) is 0.126. The van der Waals surface area contributed by atoms with Gasteiger partial charge in [0.05, 0.1) is 35.3 Å². The molecular formula is C28H20Br3N3O6. The van der Waals surface area contributed by atoms with E-state index in [1.807, 2.05) is 37.3 Å². The normalized spacial score (nSPS) is 11.4. The minimum atomic E-state index is -0.537. The average Bonchev–Trinajstić information content (AvgIpc) is 3.37. The number of carbonyl (C=O) groups excluding carboxylic acids is 1. The molecule has 2 heterocycles. The number of nitrogens with zero attached hydrogens (tertiary/aromatic N) is 3. The van der Waals surface area contributed by atoms with E-state index in [9.17, 15) is 9.59 Å². The van der Waals surface area contributed by atoms with Crippen LogP contribution in [-0.4, -0.2) is 42.2 Å². The van der Waals surface area contributed by atoms with Crippen molar-refractivity contribution in [2.24, 2.45) is 5.10 Å². The van der Waals surface area contributed by atoms with Crippen LogP contribution in [0.15, 0.2) is 82.3 Å². The van der Waals surface area contributed by atoms with Crippen molar-refractivity contribution in [1.82, 2.24) is 9.66 Å². The van der Waals surface area contributed by atoms with Gasteiger partial charge in [-0.3, -0.25) is 4.79 Å². The maximum absolute atomic E-state index is 13.6. The van der Waals surface area contributed by atoms with Gasteiger partial charge in [-0.05, 0) is 81.2 Å². The number of ether oxygens (including phenoxy) is 3. The molecule has 12 heteroatoms. The van der Waals surface area contributed by atoms with E-state index in [1.165, 1.54) is 18.0 Å². The molecule has 5 rings (SSSR count). The van der Waals surface area contributed by atoms with Gasteiger partial charge in [0.15, 0.2) is 23.9 Å². The standard InChI is InChI=1S/C28H20Br3N3O6/c1-3-38-21-12-16(24(30)25(31)26(21)39-14-23(35)37-2)13-32-34-27(33-19-7-5-4-6-18(19)28(34)36)22-11-15-10-17(29)8-9-20(15)40-22/h4-13H,3,14H2,1-2H3. The van der Waals surface area contributed by atoms with Crippen molar-refractivity contribution >= 4 is 81.8 Å². The third-order valence-electron chi connectivity index (χ3n) is 5.78. The number of hydrogen-bond donors (Lipinski definition) is 0. The molecule has 0 aliphatic heterocycles. The zero-order valence-electron chi connectivity index (χ0n) is 21.1. The molecule has 0 bridgehead atoms. The number of rotatable bonds is 8. The number of furan rings is 1. The first-order chi connectivity index (χ1) is 19.3. The summed E-state index contributed by atoms with van der Waals surface area (Å²) < 4.78 is 25.3. The van der Waals surface area contributed by atoms with Gasteiger partial charge in [-0.2, -0.15) is 9.78 Å². The number of aromatic nitrogens is 2. The Kier molecular flexibility index (Phi) is 8.38. The molecule has 40 heavy (non-hydrogen) atoms. The van der Waals surface area contributed by atoms with Crippen molar-refractivity contribution in [3.8, 4) is 23.1 Å². The molecule has 0 spiro atoms. The SMILES string of the molecule is CCOc1cc(C=Nn2c(-c3cc4cc(Br)ccc4o3)nc3ccccc3c2=O)c(Br)c(Br)c1OCC(=O)OC. The second-order valence-electron chi connectivity index (χ2n) is 8.33. The molecule has 0 amide bonds. The summed E-state index contributed by atoms with van der Waals surface area (Å²) in [6.45, 7) is 1.87. The second-order valence-corrected chi connectivity index (χ2v) is 10.8. The largest absolute Gasteiger partial charge is 0.490 e. The van der Waals surface area contributed by atoms with Gasteiger partial charge in [-0.25, -0.2) is 9.78 Å². The van der Waals surface area contributed by atoms with Crippen LogP contribution in [0.5, 0.6) is 11.5 Å².